The van der Waals surface area contributed by atoms with Crippen molar-refractivity contribution in [2.45, 2.75) is 6.92 Å². The summed E-state index contributed by atoms with van der Waals surface area (Å²) in [6.07, 6.45) is 0. The number of nitrogens with zero attached hydrogens (tertiary/aromatic N) is 1. The second kappa shape index (κ2) is 4.46. The first kappa shape index (κ1) is 11.0. The van der Waals surface area contributed by atoms with Crippen LogP contribution in [0.5, 0.6) is 0 Å². The first-order chi connectivity index (χ1) is 6.50. The van der Waals surface area contributed by atoms with Gasteiger partial charge in [0.2, 0.25) is 0 Å². The van der Waals surface area contributed by atoms with Gasteiger partial charge in [-0.1, -0.05) is 22.0 Å². The Morgan fingerprint density at radius 2 is 2.21 bits per heavy atom. The lowest BCUT2D eigenvalue weighted by atomic mass is 10.2. The molecule has 0 amide bonds. The van der Waals surface area contributed by atoms with Gasteiger partial charge in [0.05, 0.1) is 0 Å². The van der Waals surface area contributed by atoms with Crippen LogP contribution >= 0.6 is 15.9 Å². The van der Waals surface area contributed by atoms with Gasteiger partial charge in [-0.3, -0.25) is 4.79 Å². The Bertz CT molecular complexity index is 352. The molecule has 3 nitrogen and oxygen atoms in total. The Kier molecular flexibility index (Phi) is 3.52. The molecule has 1 aromatic rings. The number of carboxylic acids is 1. The van der Waals surface area contributed by atoms with Gasteiger partial charge in [-0.25, -0.2) is 0 Å². The largest absolute Gasteiger partial charge is 0.480 e. The number of aryl methyl sites for hydroxylation is 1. The van der Waals surface area contributed by atoms with E-state index in [0.29, 0.717) is 0 Å². The van der Waals surface area contributed by atoms with Crippen molar-refractivity contribution in [2.24, 2.45) is 0 Å². The van der Waals surface area contributed by atoms with Gasteiger partial charge in [-0.2, -0.15) is 0 Å². The molecule has 0 aliphatic heterocycles. The summed E-state index contributed by atoms with van der Waals surface area (Å²) in [6.45, 7) is 1.97. The molecule has 0 atom stereocenters. The van der Waals surface area contributed by atoms with E-state index in [9.17, 15) is 4.79 Å². The highest BCUT2D eigenvalue weighted by atomic mass is 79.9. The van der Waals surface area contributed by atoms with Gasteiger partial charge >= 0.3 is 5.97 Å². The Balaban J connectivity index is 2.93. The SMILES string of the molecule is Cc1ccc(Br)cc1N(C)CC(=O)O. The third-order valence-corrected chi connectivity index (χ3v) is 2.45. The number of carboxylic acid groups (broad SMARTS) is 1. The molecule has 0 unspecified atom stereocenters. The van der Waals surface area contributed by atoms with Gasteiger partial charge in [0, 0.05) is 17.2 Å². The molecule has 0 saturated heterocycles. The number of rotatable bonds is 3. The number of carbonyl (C=O) groups is 1. The molecule has 1 rings (SSSR count). The fourth-order valence-corrected chi connectivity index (χ4v) is 1.63. The summed E-state index contributed by atoms with van der Waals surface area (Å²) in [5.41, 5.74) is 2.00. The smallest absolute Gasteiger partial charge is 0.323 e. The fraction of sp³-hybridized carbons (Fsp3) is 0.300. The van der Waals surface area contributed by atoms with E-state index in [-0.39, 0.29) is 6.54 Å². The summed E-state index contributed by atoms with van der Waals surface area (Å²) in [5.74, 6) is -0.827. The van der Waals surface area contributed by atoms with Crippen molar-refractivity contribution in [3.05, 3.63) is 28.2 Å². The monoisotopic (exact) mass is 257 g/mol. The normalized spacial score (nSPS) is 9.93. The second-order valence-electron chi connectivity index (χ2n) is 3.18. The molecule has 0 aliphatic rings. The van der Waals surface area contributed by atoms with E-state index >= 15 is 0 Å². The van der Waals surface area contributed by atoms with Crippen LogP contribution in [0, 0.1) is 6.92 Å². The molecular formula is C10H12BrNO2. The average molecular weight is 258 g/mol. The minimum Gasteiger partial charge on any atom is -0.480 e. The van der Waals surface area contributed by atoms with Crippen LogP contribution in [0.15, 0.2) is 22.7 Å². The van der Waals surface area contributed by atoms with Crippen LogP contribution in [0.2, 0.25) is 0 Å². The van der Waals surface area contributed by atoms with Crippen molar-refractivity contribution in [2.75, 3.05) is 18.5 Å². The van der Waals surface area contributed by atoms with Crippen LogP contribution in [-0.4, -0.2) is 24.7 Å². The maximum Gasteiger partial charge on any atom is 0.323 e. The van der Waals surface area contributed by atoms with Crippen molar-refractivity contribution >= 4 is 27.6 Å². The van der Waals surface area contributed by atoms with E-state index in [2.05, 4.69) is 15.9 Å². The molecule has 0 radical (unpaired) electrons. The average Bonchev–Trinajstić information content (AvgIpc) is 2.08. The Hall–Kier alpha value is -1.03. The van der Waals surface area contributed by atoms with E-state index in [0.717, 1.165) is 15.7 Å². The van der Waals surface area contributed by atoms with E-state index < -0.39 is 5.97 Å². The van der Waals surface area contributed by atoms with Crippen LogP contribution < -0.4 is 4.90 Å². The van der Waals surface area contributed by atoms with Gasteiger partial charge in [-0.15, -0.1) is 0 Å². The maximum atomic E-state index is 10.5. The van der Waals surface area contributed by atoms with E-state index in [1.807, 2.05) is 25.1 Å². The number of likely N-dealkylation sites (N-methyl/N-ethyl adjacent to an activating group) is 1. The minimum atomic E-state index is -0.827. The molecule has 76 valence electrons. The second-order valence-corrected chi connectivity index (χ2v) is 4.10. The quantitative estimate of drug-likeness (QED) is 0.904. The summed E-state index contributed by atoms with van der Waals surface area (Å²) in [6, 6.07) is 5.81. The number of benzene rings is 1. The highest BCUT2D eigenvalue weighted by Crippen LogP contribution is 2.23. The lowest BCUT2D eigenvalue weighted by molar-refractivity contribution is -0.135. The van der Waals surface area contributed by atoms with Gasteiger partial charge in [0.15, 0.2) is 0 Å². The zero-order valence-corrected chi connectivity index (χ0v) is 9.71. The van der Waals surface area contributed by atoms with Crippen molar-refractivity contribution in [3.8, 4) is 0 Å². The van der Waals surface area contributed by atoms with Crippen LogP contribution in [0.25, 0.3) is 0 Å². The number of halogens is 1. The predicted octanol–water partition coefficient (Wildman–Crippen LogP) is 2.28. The molecular weight excluding hydrogens is 246 g/mol. The molecule has 4 heteroatoms. The van der Waals surface area contributed by atoms with Gasteiger partial charge in [0.25, 0.3) is 0 Å². The van der Waals surface area contributed by atoms with Gasteiger partial charge in [-0.05, 0) is 24.6 Å². The molecule has 0 fully saturated rings. The van der Waals surface area contributed by atoms with Crippen molar-refractivity contribution in [1.29, 1.82) is 0 Å². The third kappa shape index (κ3) is 2.73. The molecule has 0 heterocycles. The molecule has 0 bridgehead atoms. The minimum absolute atomic E-state index is 0.0112. The standard InChI is InChI=1S/C10H12BrNO2/c1-7-3-4-8(11)5-9(7)12(2)6-10(13)14/h3-5H,6H2,1-2H3,(H,13,14). The molecule has 14 heavy (non-hydrogen) atoms. The summed E-state index contributed by atoms with van der Waals surface area (Å²) < 4.78 is 0.954. The summed E-state index contributed by atoms with van der Waals surface area (Å²) in [4.78, 5) is 12.2. The zero-order valence-electron chi connectivity index (χ0n) is 8.12. The summed E-state index contributed by atoms with van der Waals surface area (Å²) >= 11 is 3.36. The van der Waals surface area contributed by atoms with Gasteiger partial charge < -0.3 is 10.0 Å². The van der Waals surface area contributed by atoms with Crippen LogP contribution in [0.1, 0.15) is 5.56 Å². The lowest BCUT2D eigenvalue weighted by Gasteiger charge is -2.19. The fourth-order valence-electron chi connectivity index (χ4n) is 1.28. The topological polar surface area (TPSA) is 40.5 Å². The number of hydrogen-bond acceptors (Lipinski definition) is 2. The molecule has 0 aromatic heterocycles. The number of hydrogen-bond donors (Lipinski definition) is 1. The Labute approximate surface area is 91.5 Å². The Morgan fingerprint density at radius 3 is 2.79 bits per heavy atom. The molecule has 0 spiro atoms. The molecule has 1 aromatic carbocycles. The number of aliphatic carboxylic acids is 1. The molecule has 0 saturated carbocycles. The van der Waals surface area contributed by atoms with E-state index in [4.69, 9.17) is 5.11 Å². The van der Waals surface area contributed by atoms with Crippen molar-refractivity contribution in [3.63, 3.8) is 0 Å². The summed E-state index contributed by atoms with van der Waals surface area (Å²) in [7, 11) is 1.77. The zero-order chi connectivity index (χ0) is 10.7. The van der Waals surface area contributed by atoms with Crippen LogP contribution in [0.3, 0.4) is 0 Å². The van der Waals surface area contributed by atoms with Crippen LogP contribution in [0.4, 0.5) is 5.69 Å². The predicted molar refractivity (Wildman–Crippen MR) is 59.8 cm³/mol. The Morgan fingerprint density at radius 1 is 1.57 bits per heavy atom. The highest BCUT2D eigenvalue weighted by Gasteiger charge is 2.08. The first-order valence-electron chi connectivity index (χ1n) is 4.20. The first-order valence-corrected chi connectivity index (χ1v) is 4.99. The lowest BCUT2D eigenvalue weighted by Crippen LogP contribution is -2.25. The van der Waals surface area contributed by atoms with Crippen molar-refractivity contribution in [1.82, 2.24) is 0 Å². The highest BCUT2D eigenvalue weighted by molar-refractivity contribution is 9.10. The number of anilines is 1. The summed E-state index contributed by atoms with van der Waals surface area (Å²) in [5, 5.41) is 8.65. The maximum absolute atomic E-state index is 10.5. The third-order valence-electron chi connectivity index (χ3n) is 1.95. The van der Waals surface area contributed by atoms with E-state index in [1.54, 1.807) is 11.9 Å². The van der Waals surface area contributed by atoms with E-state index in [1.165, 1.54) is 0 Å². The van der Waals surface area contributed by atoms with Gasteiger partial charge in [0.1, 0.15) is 6.54 Å². The molecule has 0 aliphatic carbocycles. The van der Waals surface area contributed by atoms with Crippen molar-refractivity contribution < 1.29 is 9.90 Å². The van der Waals surface area contributed by atoms with Crippen LogP contribution in [-0.2, 0) is 4.79 Å². The molecule has 1 N–H and O–H groups in total.